The Morgan fingerprint density at radius 2 is 2.07 bits per heavy atom. The van der Waals surface area contributed by atoms with E-state index in [0.717, 1.165) is 5.56 Å². The van der Waals surface area contributed by atoms with Crippen LogP contribution in [0.25, 0.3) is 0 Å². The van der Waals surface area contributed by atoms with E-state index < -0.39 is 5.60 Å². The van der Waals surface area contributed by atoms with Gasteiger partial charge in [-0.1, -0.05) is 36.9 Å². The Morgan fingerprint density at radius 1 is 1.50 bits per heavy atom. The molecule has 0 radical (unpaired) electrons. The zero-order valence-corrected chi connectivity index (χ0v) is 8.33. The van der Waals surface area contributed by atoms with Crippen LogP contribution in [-0.2, 0) is 5.60 Å². The van der Waals surface area contributed by atoms with Crippen LogP contribution in [0, 0.1) is 0 Å². The number of hydrogen-bond donors (Lipinski definition) is 3. The van der Waals surface area contributed by atoms with E-state index in [2.05, 4.69) is 12.0 Å². The van der Waals surface area contributed by atoms with Crippen LogP contribution in [0.5, 0.6) is 0 Å². The van der Waals surface area contributed by atoms with Gasteiger partial charge in [-0.2, -0.15) is 0 Å². The summed E-state index contributed by atoms with van der Waals surface area (Å²) >= 11 is 0. The zero-order chi connectivity index (χ0) is 10.6. The van der Waals surface area contributed by atoms with Gasteiger partial charge in [0.1, 0.15) is 5.60 Å². The first kappa shape index (κ1) is 10.9. The minimum absolute atomic E-state index is 0.256. The molecule has 0 aliphatic heterocycles. The Kier molecular flexibility index (Phi) is 3.41. The monoisotopic (exact) mass is 192 g/mol. The highest BCUT2D eigenvalue weighted by Gasteiger charge is 2.29. The van der Waals surface area contributed by atoms with E-state index in [4.69, 9.17) is 5.84 Å². The van der Waals surface area contributed by atoms with Gasteiger partial charge < -0.3 is 5.11 Å². The molecule has 3 nitrogen and oxygen atoms in total. The van der Waals surface area contributed by atoms with Crippen LogP contribution >= 0.6 is 0 Å². The maximum Gasteiger partial charge on any atom is 0.124 e. The van der Waals surface area contributed by atoms with Crippen molar-refractivity contribution in [3.63, 3.8) is 0 Å². The number of nitrogens with one attached hydrogen (secondary N) is 1. The van der Waals surface area contributed by atoms with Crippen LogP contribution < -0.4 is 11.3 Å². The van der Waals surface area contributed by atoms with Gasteiger partial charge in [-0.25, -0.2) is 0 Å². The lowest BCUT2D eigenvalue weighted by Gasteiger charge is -2.28. The highest BCUT2D eigenvalue weighted by Crippen LogP contribution is 2.26. The van der Waals surface area contributed by atoms with Gasteiger partial charge in [-0.3, -0.25) is 11.3 Å². The molecular formula is C11H16N2O. The number of benzene rings is 1. The average molecular weight is 192 g/mol. The number of hydrogen-bond acceptors (Lipinski definition) is 3. The van der Waals surface area contributed by atoms with Gasteiger partial charge in [-0.05, 0) is 18.1 Å². The maximum absolute atomic E-state index is 10.3. The molecule has 76 valence electrons. The summed E-state index contributed by atoms with van der Waals surface area (Å²) in [5, 5.41) is 10.3. The molecule has 0 saturated carbocycles. The third-order valence-electron chi connectivity index (χ3n) is 2.32. The number of hydrazine groups is 1. The molecule has 1 atom stereocenters. The van der Waals surface area contributed by atoms with Crippen molar-refractivity contribution in [3.05, 3.63) is 48.0 Å². The average Bonchev–Trinajstić information content (AvgIpc) is 2.19. The second-order valence-electron chi connectivity index (χ2n) is 3.39. The molecule has 0 fully saturated rings. The molecule has 4 N–H and O–H groups in total. The lowest BCUT2D eigenvalue weighted by Crippen LogP contribution is -2.41. The smallest absolute Gasteiger partial charge is 0.124 e. The second-order valence-corrected chi connectivity index (χ2v) is 3.39. The van der Waals surface area contributed by atoms with Crippen molar-refractivity contribution in [1.82, 2.24) is 5.43 Å². The summed E-state index contributed by atoms with van der Waals surface area (Å²) in [6.07, 6.45) is 0. The van der Waals surface area contributed by atoms with Crippen LogP contribution in [0.3, 0.4) is 0 Å². The standard InChI is InChI=1S/C11H16N2O/c1-9(2)11(14,8-13-12)10-6-4-3-5-7-10/h3-7,13-14H,1,8,12H2,2H3. The Hall–Kier alpha value is -1.16. The molecular weight excluding hydrogens is 176 g/mol. The van der Waals surface area contributed by atoms with Crippen LogP contribution in [0.15, 0.2) is 42.5 Å². The van der Waals surface area contributed by atoms with Crippen LogP contribution in [-0.4, -0.2) is 11.7 Å². The molecule has 3 heteroatoms. The third-order valence-corrected chi connectivity index (χ3v) is 2.32. The Balaban J connectivity index is 3.06. The first-order valence-corrected chi connectivity index (χ1v) is 4.48. The summed E-state index contributed by atoms with van der Waals surface area (Å²) in [7, 11) is 0. The lowest BCUT2D eigenvalue weighted by molar-refractivity contribution is 0.0763. The number of nitrogens with two attached hydrogens (primary N) is 1. The molecule has 0 bridgehead atoms. The Morgan fingerprint density at radius 3 is 2.50 bits per heavy atom. The van der Waals surface area contributed by atoms with E-state index in [0.29, 0.717) is 5.57 Å². The number of aliphatic hydroxyl groups is 1. The van der Waals surface area contributed by atoms with Gasteiger partial charge >= 0.3 is 0 Å². The second kappa shape index (κ2) is 4.37. The largest absolute Gasteiger partial charge is 0.379 e. The van der Waals surface area contributed by atoms with E-state index >= 15 is 0 Å². The highest BCUT2D eigenvalue weighted by molar-refractivity contribution is 5.31. The van der Waals surface area contributed by atoms with Crippen molar-refractivity contribution in [2.24, 2.45) is 5.84 Å². The highest BCUT2D eigenvalue weighted by atomic mass is 16.3. The van der Waals surface area contributed by atoms with E-state index in [1.807, 2.05) is 30.3 Å². The maximum atomic E-state index is 10.3. The van der Waals surface area contributed by atoms with Gasteiger partial charge in [0, 0.05) is 6.54 Å². The normalized spacial score (nSPS) is 14.8. The topological polar surface area (TPSA) is 58.3 Å². The lowest BCUT2D eigenvalue weighted by atomic mass is 9.88. The molecule has 1 aromatic carbocycles. The zero-order valence-electron chi connectivity index (χ0n) is 8.33. The summed E-state index contributed by atoms with van der Waals surface area (Å²) in [5.74, 6) is 5.24. The molecule has 14 heavy (non-hydrogen) atoms. The third kappa shape index (κ3) is 2.01. The van der Waals surface area contributed by atoms with Gasteiger partial charge in [0.25, 0.3) is 0 Å². The molecule has 0 saturated heterocycles. The molecule has 1 unspecified atom stereocenters. The number of rotatable bonds is 4. The fourth-order valence-electron chi connectivity index (χ4n) is 1.36. The summed E-state index contributed by atoms with van der Waals surface area (Å²) in [6, 6.07) is 9.36. The molecule has 0 aliphatic rings. The van der Waals surface area contributed by atoms with Gasteiger partial charge in [0.15, 0.2) is 0 Å². The molecule has 1 rings (SSSR count). The van der Waals surface area contributed by atoms with Crippen molar-refractivity contribution in [2.45, 2.75) is 12.5 Å². The van der Waals surface area contributed by atoms with Gasteiger partial charge in [0.05, 0.1) is 0 Å². The van der Waals surface area contributed by atoms with Crippen molar-refractivity contribution >= 4 is 0 Å². The molecule has 0 amide bonds. The predicted molar refractivity (Wildman–Crippen MR) is 57.3 cm³/mol. The first-order chi connectivity index (χ1) is 6.61. The van der Waals surface area contributed by atoms with Crippen molar-refractivity contribution in [1.29, 1.82) is 0 Å². The SMILES string of the molecule is C=C(C)C(O)(CNN)c1ccccc1. The summed E-state index contributed by atoms with van der Waals surface area (Å²) in [6.45, 7) is 5.82. The van der Waals surface area contributed by atoms with E-state index in [1.165, 1.54) is 0 Å². The van der Waals surface area contributed by atoms with Gasteiger partial charge in [-0.15, -0.1) is 0 Å². The molecule has 0 aliphatic carbocycles. The van der Waals surface area contributed by atoms with Crippen LogP contribution in [0.1, 0.15) is 12.5 Å². The minimum Gasteiger partial charge on any atom is -0.379 e. The van der Waals surface area contributed by atoms with E-state index in [-0.39, 0.29) is 6.54 Å². The minimum atomic E-state index is -1.09. The molecule has 0 heterocycles. The van der Waals surface area contributed by atoms with Crippen molar-refractivity contribution in [3.8, 4) is 0 Å². The molecule has 1 aromatic rings. The van der Waals surface area contributed by atoms with Gasteiger partial charge in [0.2, 0.25) is 0 Å². The van der Waals surface area contributed by atoms with Crippen LogP contribution in [0.2, 0.25) is 0 Å². The first-order valence-electron chi connectivity index (χ1n) is 4.48. The van der Waals surface area contributed by atoms with Crippen molar-refractivity contribution < 1.29 is 5.11 Å². The molecule has 0 aromatic heterocycles. The Bertz CT molecular complexity index is 310. The summed E-state index contributed by atoms with van der Waals surface area (Å²) in [4.78, 5) is 0. The fourth-order valence-corrected chi connectivity index (χ4v) is 1.36. The van der Waals surface area contributed by atoms with Crippen LogP contribution in [0.4, 0.5) is 0 Å². The summed E-state index contributed by atoms with van der Waals surface area (Å²) < 4.78 is 0. The van der Waals surface area contributed by atoms with E-state index in [9.17, 15) is 5.11 Å². The fraction of sp³-hybridized carbons (Fsp3) is 0.273. The Labute approximate surface area is 84.2 Å². The molecule has 0 spiro atoms. The quantitative estimate of drug-likeness (QED) is 0.377. The predicted octanol–water partition coefficient (Wildman–Crippen LogP) is 0.914. The van der Waals surface area contributed by atoms with Crippen molar-refractivity contribution in [2.75, 3.05) is 6.54 Å². The summed E-state index contributed by atoms with van der Waals surface area (Å²) in [5.41, 5.74) is 2.85. The van der Waals surface area contributed by atoms with E-state index in [1.54, 1.807) is 6.92 Å².